The van der Waals surface area contributed by atoms with E-state index in [0.717, 1.165) is 0 Å². The fourth-order valence-electron chi connectivity index (χ4n) is 4.98. The lowest BCUT2D eigenvalue weighted by Gasteiger charge is -2.29. The summed E-state index contributed by atoms with van der Waals surface area (Å²) in [5, 5.41) is 39.1. The Morgan fingerprint density at radius 1 is 1.24 bits per heavy atom. The van der Waals surface area contributed by atoms with Crippen molar-refractivity contribution in [3.8, 4) is 11.5 Å². The normalized spacial score (nSPS) is 29.3. The van der Waals surface area contributed by atoms with Crippen molar-refractivity contribution in [1.29, 1.82) is 0 Å². The molecule has 232 valence electrons. The van der Waals surface area contributed by atoms with Gasteiger partial charge >= 0.3 is 6.09 Å². The molecule has 0 fully saturated rings. The van der Waals surface area contributed by atoms with E-state index in [1.807, 2.05) is 13.8 Å². The smallest absolute Gasteiger partial charge is 0.405 e. The molecule has 0 saturated carbocycles. The van der Waals surface area contributed by atoms with Gasteiger partial charge in [-0.05, 0) is 38.2 Å². The van der Waals surface area contributed by atoms with Crippen LogP contribution in [0.1, 0.15) is 39.7 Å². The van der Waals surface area contributed by atoms with Gasteiger partial charge in [-0.1, -0.05) is 44.2 Å². The highest BCUT2D eigenvalue weighted by Gasteiger charge is 2.30. The average Bonchev–Trinajstić information content (AvgIpc) is 2.94. The number of fused-ring (bicyclic) bond motifs is 2. The summed E-state index contributed by atoms with van der Waals surface area (Å²) in [5.74, 6) is -1.41. The van der Waals surface area contributed by atoms with E-state index in [1.54, 1.807) is 38.2 Å². The van der Waals surface area contributed by atoms with E-state index in [2.05, 4.69) is 17.2 Å². The van der Waals surface area contributed by atoms with Crippen LogP contribution in [0.25, 0.3) is 0 Å². The summed E-state index contributed by atoms with van der Waals surface area (Å²) in [6.45, 7) is 11.1. The van der Waals surface area contributed by atoms with Crippen molar-refractivity contribution in [2.75, 3.05) is 31.4 Å². The van der Waals surface area contributed by atoms with Crippen LogP contribution < -0.4 is 16.4 Å². The van der Waals surface area contributed by atoms with Crippen molar-refractivity contribution < 1.29 is 39.1 Å². The topological polar surface area (TPSA) is 173 Å². The number of nitrogens with one attached hydrogen (secondary N) is 2. The number of benzene rings is 1. The van der Waals surface area contributed by atoms with Crippen molar-refractivity contribution in [2.45, 2.75) is 65.0 Å². The van der Waals surface area contributed by atoms with Crippen molar-refractivity contribution in [1.82, 2.24) is 0 Å². The number of aliphatic hydroxyl groups is 1. The third-order valence-corrected chi connectivity index (χ3v) is 7.25. The van der Waals surface area contributed by atoms with Gasteiger partial charge in [-0.3, -0.25) is 4.79 Å². The molecule has 0 spiro atoms. The number of carbonyl (C=O) groups excluding carboxylic acids is 2. The largest absolute Gasteiger partial charge is 0.506 e. The quantitative estimate of drug-likeness (QED) is 0.162. The maximum Gasteiger partial charge on any atom is 0.405 e. The van der Waals surface area contributed by atoms with Crippen molar-refractivity contribution >= 4 is 23.4 Å². The number of rotatable bonds is 6. The van der Waals surface area contributed by atoms with Crippen LogP contribution in [-0.4, -0.2) is 72.5 Å². The van der Waals surface area contributed by atoms with E-state index in [4.69, 9.17) is 19.9 Å². The number of primary amides is 1. The summed E-state index contributed by atoms with van der Waals surface area (Å²) in [6.07, 6.45) is 4.64. The molecular formula is C31H45N3O8. The highest BCUT2D eigenvalue weighted by molar-refractivity contribution is 6.04. The van der Waals surface area contributed by atoms with E-state index in [9.17, 15) is 24.9 Å². The molecule has 1 aromatic carbocycles. The molecule has 6 atom stereocenters. The number of amides is 2. The number of hydrogen-bond acceptors (Lipinski definition) is 9. The molecule has 1 heterocycles. The minimum absolute atomic E-state index is 0.0416. The molecule has 2 amide bonds. The summed E-state index contributed by atoms with van der Waals surface area (Å²) < 4.78 is 16.6. The number of ether oxygens (including phenoxy) is 3. The molecule has 0 saturated heterocycles. The van der Waals surface area contributed by atoms with Crippen LogP contribution in [-0.2, 0) is 25.4 Å². The standard InChI is InChI=1S/C31H45N3O8/c1-8-12-33-26-21-13-17(2)14-25(41-7)27(36)19(4)15-20(5)29(42-31(32)39)24(40-6)11-9-10-18(3)30(38)34-22(28(21)37)16-23(26)35/h8-11,15-17,19,24-25,27,29,33,35-37H,1,12-14H2,2-7H3,(H2,32,39)(H,34,38)/b11-9-,18-10+,20-15+/t17?,19-,24-,25-,27+,29-/m0/s1. The van der Waals surface area contributed by atoms with Crippen molar-refractivity contribution in [2.24, 2.45) is 17.6 Å². The zero-order chi connectivity index (χ0) is 31.6. The fraction of sp³-hybridized carbons (Fsp3) is 0.484. The molecular weight excluding hydrogens is 542 g/mol. The Bertz CT molecular complexity index is 1210. The number of hydrogen-bond donors (Lipinski definition) is 6. The first-order chi connectivity index (χ1) is 19.8. The highest BCUT2D eigenvalue weighted by Crippen LogP contribution is 2.42. The monoisotopic (exact) mass is 587 g/mol. The average molecular weight is 588 g/mol. The summed E-state index contributed by atoms with van der Waals surface area (Å²) in [7, 11) is 2.95. The van der Waals surface area contributed by atoms with Crippen molar-refractivity contribution in [3.63, 3.8) is 0 Å². The molecule has 7 N–H and O–H groups in total. The number of phenolic OH excluding ortho intramolecular Hbond substituents is 2. The van der Waals surface area contributed by atoms with E-state index < -0.39 is 42.3 Å². The number of nitrogens with two attached hydrogens (primary N) is 1. The van der Waals surface area contributed by atoms with Gasteiger partial charge in [0.15, 0.2) is 6.10 Å². The van der Waals surface area contributed by atoms with Crippen LogP contribution in [0.5, 0.6) is 11.5 Å². The first kappa shape index (κ1) is 34.4. The van der Waals surface area contributed by atoms with Gasteiger partial charge in [0.1, 0.15) is 17.6 Å². The predicted octanol–water partition coefficient (Wildman–Crippen LogP) is 4.16. The third kappa shape index (κ3) is 9.10. The van der Waals surface area contributed by atoms with Gasteiger partial charge in [-0.15, -0.1) is 6.58 Å². The van der Waals surface area contributed by atoms with E-state index in [1.165, 1.54) is 26.4 Å². The molecule has 2 bridgehead atoms. The summed E-state index contributed by atoms with van der Waals surface area (Å²) in [6, 6.07) is 1.28. The number of phenols is 2. The molecule has 0 aromatic heterocycles. The Morgan fingerprint density at radius 3 is 2.52 bits per heavy atom. The molecule has 11 heteroatoms. The second-order valence-corrected chi connectivity index (χ2v) is 10.6. The summed E-state index contributed by atoms with van der Waals surface area (Å²) in [4.78, 5) is 24.7. The SMILES string of the molecule is C=CCNc1c(O)cc2c(O)c1CC(C)C[C@H](OC)[C@H](O)[C@@H](C)/C=C(\C)[C@H](OC(N)=O)[C@@H](OC)/C=C\C=C(/C)C(=O)N2. The Balaban J connectivity index is 2.67. The molecule has 1 aliphatic rings. The number of anilines is 2. The van der Waals surface area contributed by atoms with E-state index >= 15 is 0 Å². The van der Waals surface area contributed by atoms with Gasteiger partial charge in [-0.2, -0.15) is 0 Å². The lowest BCUT2D eigenvalue weighted by Crippen LogP contribution is -2.37. The van der Waals surface area contributed by atoms with Crippen LogP contribution in [0.15, 0.2) is 54.2 Å². The fourth-order valence-corrected chi connectivity index (χ4v) is 4.98. The summed E-state index contributed by atoms with van der Waals surface area (Å²) >= 11 is 0. The molecule has 11 nitrogen and oxygen atoms in total. The number of aliphatic hydroxyl groups excluding tert-OH is 1. The van der Waals surface area contributed by atoms with Gasteiger partial charge in [0.25, 0.3) is 5.91 Å². The predicted molar refractivity (Wildman–Crippen MR) is 162 cm³/mol. The van der Waals surface area contributed by atoms with Crippen LogP contribution in [0.2, 0.25) is 0 Å². The van der Waals surface area contributed by atoms with Gasteiger partial charge < -0.3 is 45.9 Å². The number of allylic oxidation sites excluding steroid dienone is 2. The van der Waals surface area contributed by atoms with Crippen LogP contribution in [0.4, 0.5) is 16.2 Å². The zero-order valence-electron chi connectivity index (χ0n) is 25.2. The first-order valence-electron chi connectivity index (χ1n) is 13.8. The highest BCUT2D eigenvalue weighted by atomic mass is 16.6. The number of carbonyl (C=O) groups is 2. The second-order valence-electron chi connectivity index (χ2n) is 10.6. The van der Waals surface area contributed by atoms with E-state index in [-0.39, 0.29) is 23.1 Å². The van der Waals surface area contributed by atoms with E-state index in [0.29, 0.717) is 41.8 Å². The summed E-state index contributed by atoms with van der Waals surface area (Å²) in [5.41, 5.74) is 7.01. The Morgan fingerprint density at radius 2 is 1.93 bits per heavy atom. The Kier molecular flexibility index (Phi) is 13.1. The lowest BCUT2D eigenvalue weighted by atomic mass is 9.87. The lowest BCUT2D eigenvalue weighted by molar-refractivity contribution is -0.112. The molecule has 1 aliphatic heterocycles. The van der Waals surface area contributed by atoms with Gasteiger partial charge in [0, 0.05) is 43.9 Å². The number of aromatic hydroxyl groups is 2. The molecule has 0 aliphatic carbocycles. The zero-order valence-corrected chi connectivity index (χ0v) is 25.2. The Hall–Kier alpha value is -3.80. The van der Waals surface area contributed by atoms with Gasteiger partial charge in [0.2, 0.25) is 0 Å². The molecule has 1 aromatic rings. The number of methoxy groups -OCH3 is 2. The minimum Gasteiger partial charge on any atom is -0.506 e. The van der Waals surface area contributed by atoms with Crippen LogP contribution in [0.3, 0.4) is 0 Å². The third-order valence-electron chi connectivity index (χ3n) is 7.25. The van der Waals surface area contributed by atoms with Gasteiger partial charge in [0.05, 0.1) is 23.6 Å². The molecule has 42 heavy (non-hydrogen) atoms. The maximum atomic E-state index is 13.0. The molecule has 2 rings (SSSR count). The van der Waals surface area contributed by atoms with Gasteiger partial charge in [-0.25, -0.2) is 4.79 Å². The van der Waals surface area contributed by atoms with Crippen LogP contribution >= 0.6 is 0 Å². The Labute approximate surface area is 247 Å². The molecule has 1 unspecified atom stereocenters. The first-order valence-corrected chi connectivity index (χ1v) is 13.8. The maximum absolute atomic E-state index is 13.0. The van der Waals surface area contributed by atoms with Crippen molar-refractivity contribution in [3.05, 3.63) is 59.7 Å². The second kappa shape index (κ2) is 16.0. The minimum atomic E-state index is -0.990. The van der Waals surface area contributed by atoms with Crippen LogP contribution in [0, 0.1) is 11.8 Å². The molecule has 0 radical (unpaired) electrons.